The summed E-state index contributed by atoms with van der Waals surface area (Å²) in [6.45, 7) is 5.22. The first-order chi connectivity index (χ1) is 8.31. The van der Waals surface area contributed by atoms with Crippen molar-refractivity contribution in [1.82, 2.24) is 4.72 Å². The maximum atomic E-state index is 12.0. The van der Waals surface area contributed by atoms with Crippen molar-refractivity contribution in [3.05, 3.63) is 42.0 Å². The summed E-state index contributed by atoms with van der Waals surface area (Å²) in [4.78, 5) is 0.241. The van der Waals surface area contributed by atoms with Gasteiger partial charge in [0.1, 0.15) is 0 Å². The summed E-state index contributed by atoms with van der Waals surface area (Å²) in [6.07, 6.45) is 2.58. The van der Waals surface area contributed by atoms with Gasteiger partial charge in [-0.25, -0.2) is 13.1 Å². The third-order valence-electron chi connectivity index (χ3n) is 2.35. The van der Waals surface area contributed by atoms with Gasteiger partial charge in [0.2, 0.25) is 10.0 Å². The van der Waals surface area contributed by atoms with E-state index in [1.807, 2.05) is 6.92 Å². The Labute approximate surface area is 108 Å². The lowest BCUT2D eigenvalue weighted by atomic mass is 10.2. The van der Waals surface area contributed by atoms with E-state index in [2.05, 4.69) is 4.72 Å². The molecule has 0 fully saturated rings. The molecular weight excluding hydrogens is 250 g/mol. The number of aryl methyl sites for hydroxylation is 1. The summed E-state index contributed by atoms with van der Waals surface area (Å²) >= 11 is 0. The van der Waals surface area contributed by atoms with E-state index in [-0.39, 0.29) is 10.9 Å². The number of hydrogen-bond acceptors (Lipinski definition) is 3. The average Bonchev–Trinajstić information content (AvgIpc) is 2.26. The first kappa shape index (κ1) is 14.9. The van der Waals surface area contributed by atoms with Crippen molar-refractivity contribution < 1.29 is 13.5 Å². The van der Waals surface area contributed by atoms with Crippen LogP contribution >= 0.6 is 0 Å². The zero-order valence-corrected chi connectivity index (χ0v) is 11.6. The Kier molecular flexibility index (Phi) is 5.07. The van der Waals surface area contributed by atoms with Crippen molar-refractivity contribution in [1.29, 1.82) is 0 Å². The number of rotatable bonds is 5. The Morgan fingerprint density at radius 3 is 2.22 bits per heavy atom. The zero-order valence-electron chi connectivity index (χ0n) is 10.8. The van der Waals surface area contributed by atoms with Gasteiger partial charge in [-0.3, -0.25) is 0 Å². The fraction of sp³-hybridized carbons (Fsp3) is 0.385. The van der Waals surface area contributed by atoms with Crippen LogP contribution in [-0.2, 0) is 10.0 Å². The van der Waals surface area contributed by atoms with Crippen molar-refractivity contribution in [3.8, 4) is 0 Å². The molecule has 0 radical (unpaired) electrons. The quantitative estimate of drug-likeness (QED) is 0.798. The van der Waals surface area contributed by atoms with E-state index in [1.54, 1.807) is 50.3 Å². The number of hydrogen-bond donors (Lipinski definition) is 2. The van der Waals surface area contributed by atoms with Gasteiger partial charge in [0.05, 0.1) is 11.0 Å². The van der Waals surface area contributed by atoms with Crippen LogP contribution in [0.5, 0.6) is 0 Å². The molecule has 4 nitrogen and oxygen atoms in total. The largest absolute Gasteiger partial charge is 0.389 e. The highest BCUT2D eigenvalue weighted by molar-refractivity contribution is 7.89. The molecular formula is C13H19NO3S. The fourth-order valence-corrected chi connectivity index (χ4v) is 2.60. The van der Waals surface area contributed by atoms with E-state index in [9.17, 15) is 8.42 Å². The Morgan fingerprint density at radius 1 is 1.17 bits per heavy atom. The summed E-state index contributed by atoms with van der Waals surface area (Å²) in [7, 11) is -3.51. The number of benzene rings is 1. The maximum Gasteiger partial charge on any atom is 0.241 e. The fourth-order valence-electron chi connectivity index (χ4n) is 1.40. The Hall–Kier alpha value is -1.17. The smallest absolute Gasteiger partial charge is 0.241 e. The highest BCUT2D eigenvalue weighted by Gasteiger charge is 2.15. The summed E-state index contributed by atoms with van der Waals surface area (Å²) < 4.78 is 26.5. The van der Waals surface area contributed by atoms with Gasteiger partial charge >= 0.3 is 0 Å². The van der Waals surface area contributed by atoms with Crippen molar-refractivity contribution >= 4 is 10.0 Å². The highest BCUT2D eigenvalue weighted by Crippen LogP contribution is 2.10. The normalized spacial score (nSPS) is 15.8. The second-order valence-electron chi connectivity index (χ2n) is 4.35. The Morgan fingerprint density at radius 2 is 1.72 bits per heavy atom. The molecule has 0 aromatic heterocycles. The van der Waals surface area contributed by atoms with Crippen LogP contribution in [0.2, 0.25) is 0 Å². The molecule has 100 valence electrons. The molecule has 0 saturated heterocycles. The van der Waals surface area contributed by atoms with Gasteiger partial charge in [-0.15, -0.1) is 0 Å². The van der Waals surface area contributed by atoms with Gasteiger partial charge < -0.3 is 5.11 Å². The molecule has 1 aromatic carbocycles. The average molecular weight is 269 g/mol. The van der Waals surface area contributed by atoms with Gasteiger partial charge in [-0.1, -0.05) is 29.8 Å². The summed E-state index contributed by atoms with van der Waals surface area (Å²) in [5.74, 6) is 0. The molecule has 2 N–H and O–H groups in total. The lowest BCUT2D eigenvalue weighted by Gasteiger charge is -2.11. The second-order valence-corrected chi connectivity index (χ2v) is 6.06. The standard InChI is InChI=1S/C13H19NO3S/c1-10-4-8-13(9-5-10)18(16,17)14-11(2)6-7-12(3)15/h4-9,11-12,14-15H,1-3H3/b7-6+/t11-,12-/m0/s1. The number of nitrogens with one attached hydrogen (secondary N) is 1. The lowest BCUT2D eigenvalue weighted by Crippen LogP contribution is -2.31. The third kappa shape index (κ3) is 4.60. The molecule has 0 amide bonds. The van der Waals surface area contributed by atoms with Gasteiger partial charge in [0, 0.05) is 6.04 Å². The van der Waals surface area contributed by atoms with Gasteiger partial charge in [-0.05, 0) is 32.9 Å². The van der Waals surface area contributed by atoms with Crippen molar-refractivity contribution in [2.45, 2.75) is 37.8 Å². The minimum absolute atomic E-state index is 0.241. The van der Waals surface area contributed by atoms with E-state index in [4.69, 9.17) is 5.11 Å². The Bertz CT molecular complexity index is 504. The maximum absolute atomic E-state index is 12.0. The van der Waals surface area contributed by atoms with Gasteiger partial charge in [0.15, 0.2) is 0 Å². The van der Waals surface area contributed by atoms with E-state index in [1.165, 1.54) is 0 Å². The monoisotopic (exact) mass is 269 g/mol. The molecule has 0 bridgehead atoms. The second kappa shape index (κ2) is 6.13. The molecule has 2 atom stereocenters. The van der Waals surface area contributed by atoms with Crippen LogP contribution in [0.15, 0.2) is 41.3 Å². The zero-order chi connectivity index (χ0) is 13.8. The molecule has 5 heteroatoms. The van der Waals surface area contributed by atoms with Crippen LogP contribution in [0, 0.1) is 6.92 Å². The molecule has 0 saturated carbocycles. The predicted molar refractivity (Wildman–Crippen MR) is 71.8 cm³/mol. The van der Waals surface area contributed by atoms with Crippen molar-refractivity contribution in [2.24, 2.45) is 0 Å². The number of sulfonamides is 1. The van der Waals surface area contributed by atoms with E-state index in [0.29, 0.717) is 0 Å². The molecule has 0 aliphatic carbocycles. The van der Waals surface area contributed by atoms with E-state index < -0.39 is 16.1 Å². The van der Waals surface area contributed by atoms with Crippen LogP contribution in [0.25, 0.3) is 0 Å². The minimum Gasteiger partial charge on any atom is -0.389 e. The highest BCUT2D eigenvalue weighted by atomic mass is 32.2. The number of aliphatic hydroxyl groups excluding tert-OH is 1. The molecule has 0 aliphatic rings. The first-order valence-electron chi connectivity index (χ1n) is 5.76. The predicted octanol–water partition coefficient (Wildman–Crippen LogP) is 1.60. The van der Waals surface area contributed by atoms with Crippen LogP contribution in [0.4, 0.5) is 0 Å². The molecule has 0 spiro atoms. The molecule has 0 aliphatic heterocycles. The molecule has 0 heterocycles. The number of aliphatic hydroxyl groups is 1. The molecule has 1 rings (SSSR count). The van der Waals surface area contributed by atoms with Gasteiger partial charge in [0.25, 0.3) is 0 Å². The minimum atomic E-state index is -3.51. The van der Waals surface area contributed by atoms with Gasteiger partial charge in [-0.2, -0.15) is 0 Å². The van der Waals surface area contributed by atoms with E-state index in [0.717, 1.165) is 5.56 Å². The van der Waals surface area contributed by atoms with Crippen molar-refractivity contribution in [3.63, 3.8) is 0 Å². The Balaban J connectivity index is 2.79. The van der Waals surface area contributed by atoms with Crippen LogP contribution in [0.3, 0.4) is 0 Å². The van der Waals surface area contributed by atoms with Crippen molar-refractivity contribution in [2.75, 3.05) is 0 Å². The summed E-state index contributed by atoms with van der Waals surface area (Å²) in [5.41, 5.74) is 1.01. The SMILES string of the molecule is Cc1ccc(S(=O)(=O)N[C@@H](C)/C=C/[C@H](C)O)cc1. The first-order valence-corrected chi connectivity index (χ1v) is 7.25. The van der Waals surface area contributed by atoms with Crippen LogP contribution < -0.4 is 4.72 Å². The topological polar surface area (TPSA) is 66.4 Å². The molecule has 1 aromatic rings. The molecule has 0 unspecified atom stereocenters. The molecule has 18 heavy (non-hydrogen) atoms. The third-order valence-corrected chi connectivity index (χ3v) is 3.93. The lowest BCUT2D eigenvalue weighted by molar-refractivity contribution is 0.243. The van der Waals surface area contributed by atoms with Crippen LogP contribution in [0.1, 0.15) is 19.4 Å². The van der Waals surface area contributed by atoms with Crippen LogP contribution in [-0.4, -0.2) is 25.7 Å². The summed E-state index contributed by atoms with van der Waals surface area (Å²) in [5, 5.41) is 9.08. The summed E-state index contributed by atoms with van der Waals surface area (Å²) in [6, 6.07) is 6.28. The van der Waals surface area contributed by atoms with E-state index >= 15 is 0 Å².